The minimum Gasteiger partial charge on any atom is -0.452 e. The molecule has 1 fully saturated rings. The van der Waals surface area contributed by atoms with Gasteiger partial charge >= 0.3 is 5.97 Å². The van der Waals surface area contributed by atoms with Gasteiger partial charge in [0, 0.05) is 5.57 Å². The highest BCUT2D eigenvalue weighted by Gasteiger charge is 2.32. The molecule has 1 aliphatic heterocycles. The lowest BCUT2D eigenvalue weighted by molar-refractivity contribution is -0.153. The fourth-order valence-corrected chi connectivity index (χ4v) is 1.40. The van der Waals surface area contributed by atoms with Crippen LogP contribution in [0.5, 0.6) is 0 Å². The summed E-state index contributed by atoms with van der Waals surface area (Å²) >= 11 is 0. The summed E-state index contributed by atoms with van der Waals surface area (Å²) in [4.78, 5) is 11.5. The van der Waals surface area contributed by atoms with E-state index in [4.69, 9.17) is 4.74 Å². The van der Waals surface area contributed by atoms with Gasteiger partial charge in [-0.2, -0.15) is 0 Å². The number of hydrogen-bond donors (Lipinski definition) is 0. The quantitative estimate of drug-likeness (QED) is 0.352. The first-order valence-electron chi connectivity index (χ1n) is 4.52. The van der Waals surface area contributed by atoms with Gasteiger partial charge in [-0.15, -0.1) is 0 Å². The van der Waals surface area contributed by atoms with Gasteiger partial charge in [0.15, 0.2) is 0 Å². The second-order valence-corrected chi connectivity index (χ2v) is 3.88. The van der Waals surface area contributed by atoms with Crippen molar-refractivity contribution >= 4 is 5.97 Å². The van der Waals surface area contributed by atoms with Crippen LogP contribution in [0.3, 0.4) is 0 Å². The smallest absolute Gasteiger partial charge is 0.334 e. The minimum absolute atomic E-state index is 0.186. The van der Waals surface area contributed by atoms with Crippen LogP contribution in [0.4, 0.5) is 0 Å². The van der Waals surface area contributed by atoms with Crippen LogP contribution in [-0.4, -0.2) is 11.6 Å². The Morgan fingerprint density at radius 3 is 2.62 bits per heavy atom. The van der Waals surface area contributed by atoms with Crippen molar-refractivity contribution in [2.24, 2.45) is 0 Å². The lowest BCUT2D eigenvalue weighted by atomic mass is 9.91. The predicted molar refractivity (Wildman–Crippen MR) is 52.3 cm³/mol. The molecule has 13 heavy (non-hydrogen) atoms. The molecule has 1 unspecified atom stereocenters. The lowest BCUT2D eigenvalue weighted by Gasteiger charge is -2.31. The summed E-state index contributed by atoms with van der Waals surface area (Å²) in [6.07, 6.45) is 3.33. The third-order valence-electron chi connectivity index (χ3n) is 2.48. The fraction of sp³-hybridized carbons (Fsp3) is 0.545. The van der Waals surface area contributed by atoms with Crippen LogP contribution in [0.2, 0.25) is 0 Å². The van der Waals surface area contributed by atoms with Gasteiger partial charge in [-0.05, 0) is 39.7 Å². The van der Waals surface area contributed by atoms with E-state index in [9.17, 15) is 4.79 Å². The van der Waals surface area contributed by atoms with E-state index in [1.54, 1.807) is 6.08 Å². The molecule has 2 nitrogen and oxygen atoms in total. The number of ether oxygens (including phenoxy) is 1. The Morgan fingerprint density at radius 1 is 1.62 bits per heavy atom. The molecule has 1 aliphatic rings. The fourth-order valence-electron chi connectivity index (χ4n) is 1.40. The molecule has 0 aromatic rings. The van der Waals surface area contributed by atoms with E-state index >= 15 is 0 Å². The van der Waals surface area contributed by atoms with Crippen molar-refractivity contribution in [1.29, 1.82) is 0 Å². The highest BCUT2D eigenvalue weighted by atomic mass is 16.6. The highest BCUT2D eigenvalue weighted by molar-refractivity contribution is 5.90. The normalized spacial score (nSPS) is 28.2. The van der Waals surface area contributed by atoms with E-state index < -0.39 is 5.60 Å². The average Bonchev–Trinajstić information content (AvgIpc) is 2.03. The van der Waals surface area contributed by atoms with Crippen molar-refractivity contribution in [3.63, 3.8) is 0 Å². The van der Waals surface area contributed by atoms with Gasteiger partial charge in [-0.1, -0.05) is 12.2 Å². The molecule has 1 saturated heterocycles. The van der Waals surface area contributed by atoms with Gasteiger partial charge in [0.05, 0.1) is 0 Å². The summed E-state index contributed by atoms with van der Waals surface area (Å²) in [5, 5.41) is 0. The summed E-state index contributed by atoms with van der Waals surface area (Å²) in [6.45, 7) is 9.43. The van der Waals surface area contributed by atoms with E-state index in [2.05, 4.69) is 6.58 Å². The molecule has 0 N–H and O–H groups in total. The Labute approximate surface area is 79.3 Å². The molecule has 0 radical (unpaired) electrons. The van der Waals surface area contributed by atoms with E-state index in [0.717, 1.165) is 24.0 Å². The Kier molecular flexibility index (Phi) is 2.60. The van der Waals surface area contributed by atoms with E-state index in [1.807, 2.05) is 20.8 Å². The monoisotopic (exact) mass is 180 g/mol. The zero-order valence-electron chi connectivity index (χ0n) is 8.52. The second kappa shape index (κ2) is 3.36. The van der Waals surface area contributed by atoms with Crippen molar-refractivity contribution in [3.8, 4) is 0 Å². The summed E-state index contributed by atoms with van der Waals surface area (Å²) < 4.78 is 5.28. The van der Waals surface area contributed by atoms with Crippen molar-refractivity contribution in [2.75, 3.05) is 0 Å². The average molecular weight is 180 g/mol. The largest absolute Gasteiger partial charge is 0.452 e. The van der Waals surface area contributed by atoms with Crippen LogP contribution in [0.25, 0.3) is 0 Å². The van der Waals surface area contributed by atoms with Gasteiger partial charge in [0.25, 0.3) is 0 Å². The number of allylic oxidation sites excluding steroid dienone is 1. The topological polar surface area (TPSA) is 26.3 Å². The Hall–Kier alpha value is -1.05. The Morgan fingerprint density at radius 2 is 2.23 bits per heavy atom. The first kappa shape index (κ1) is 10.0. The maximum atomic E-state index is 11.5. The standard InChI is InChI=1S/C11H16O2/c1-5-11(4)7-6-9(8(2)3)10(12)13-11/h5H,1,6-7H2,2-4H3. The Bertz CT molecular complexity index is 272. The molecule has 1 heterocycles. The van der Waals surface area contributed by atoms with Crippen LogP contribution in [-0.2, 0) is 9.53 Å². The van der Waals surface area contributed by atoms with Crippen LogP contribution in [0.15, 0.2) is 23.8 Å². The molecular weight excluding hydrogens is 164 g/mol. The number of rotatable bonds is 1. The van der Waals surface area contributed by atoms with Crippen LogP contribution in [0.1, 0.15) is 33.6 Å². The molecule has 0 aromatic carbocycles. The molecular formula is C11H16O2. The zero-order valence-corrected chi connectivity index (χ0v) is 8.52. The van der Waals surface area contributed by atoms with Gasteiger partial charge < -0.3 is 4.74 Å². The second-order valence-electron chi connectivity index (χ2n) is 3.88. The maximum Gasteiger partial charge on any atom is 0.334 e. The van der Waals surface area contributed by atoms with Gasteiger partial charge in [-0.25, -0.2) is 4.79 Å². The molecule has 0 spiro atoms. The van der Waals surface area contributed by atoms with Crippen molar-refractivity contribution in [1.82, 2.24) is 0 Å². The number of esters is 1. The van der Waals surface area contributed by atoms with Crippen LogP contribution >= 0.6 is 0 Å². The molecule has 0 aliphatic carbocycles. The summed E-state index contributed by atoms with van der Waals surface area (Å²) in [5.41, 5.74) is 1.41. The summed E-state index contributed by atoms with van der Waals surface area (Å²) in [7, 11) is 0. The third-order valence-corrected chi connectivity index (χ3v) is 2.48. The molecule has 0 aromatic heterocycles. The van der Waals surface area contributed by atoms with E-state index in [0.29, 0.717) is 0 Å². The molecule has 1 atom stereocenters. The molecule has 0 amide bonds. The number of carbonyl (C=O) groups excluding carboxylic acids is 1. The lowest BCUT2D eigenvalue weighted by Crippen LogP contribution is -2.35. The number of cyclic esters (lactones) is 1. The molecule has 0 saturated carbocycles. The van der Waals surface area contributed by atoms with E-state index in [-0.39, 0.29) is 5.97 Å². The van der Waals surface area contributed by atoms with Crippen molar-refractivity contribution in [3.05, 3.63) is 23.8 Å². The van der Waals surface area contributed by atoms with Crippen molar-refractivity contribution in [2.45, 2.75) is 39.2 Å². The summed E-state index contributed by atoms with van der Waals surface area (Å²) in [5.74, 6) is -0.186. The van der Waals surface area contributed by atoms with E-state index in [1.165, 1.54) is 0 Å². The van der Waals surface area contributed by atoms with Gasteiger partial charge in [0.1, 0.15) is 5.60 Å². The zero-order chi connectivity index (χ0) is 10.1. The maximum absolute atomic E-state index is 11.5. The van der Waals surface area contributed by atoms with Crippen LogP contribution in [0, 0.1) is 0 Å². The molecule has 2 heteroatoms. The number of hydrogen-bond acceptors (Lipinski definition) is 2. The Balaban J connectivity index is 2.85. The first-order valence-corrected chi connectivity index (χ1v) is 4.52. The third kappa shape index (κ3) is 2.00. The minimum atomic E-state index is -0.462. The molecule has 72 valence electrons. The van der Waals surface area contributed by atoms with Crippen molar-refractivity contribution < 1.29 is 9.53 Å². The molecule has 0 bridgehead atoms. The van der Waals surface area contributed by atoms with Gasteiger partial charge in [0.2, 0.25) is 0 Å². The predicted octanol–water partition coefficient (Wildman–Crippen LogP) is 2.60. The van der Waals surface area contributed by atoms with Crippen LogP contribution < -0.4 is 0 Å². The first-order chi connectivity index (χ1) is 5.98. The number of carbonyl (C=O) groups is 1. The van der Waals surface area contributed by atoms with Gasteiger partial charge in [-0.3, -0.25) is 0 Å². The summed E-state index contributed by atoms with van der Waals surface area (Å²) in [6, 6.07) is 0. The highest BCUT2D eigenvalue weighted by Crippen LogP contribution is 2.30. The molecule has 1 rings (SSSR count). The SMILES string of the molecule is C=CC1(C)CCC(=C(C)C)C(=O)O1.